The van der Waals surface area contributed by atoms with Crippen molar-refractivity contribution in [1.82, 2.24) is 0 Å². The molecule has 0 aliphatic heterocycles. The van der Waals surface area contributed by atoms with Crippen molar-refractivity contribution in [2.45, 2.75) is 25.1 Å². The number of Topliss-reactive ketones (excluding diaryl/α,β-unsaturated/α-hetero) is 1. The molecule has 0 radical (unpaired) electrons. The van der Waals surface area contributed by atoms with Gasteiger partial charge in [-0.05, 0) is 13.3 Å². The van der Waals surface area contributed by atoms with Crippen LogP contribution in [-0.4, -0.2) is 22.2 Å². The van der Waals surface area contributed by atoms with Gasteiger partial charge in [0.25, 0.3) is 0 Å². The van der Waals surface area contributed by atoms with Gasteiger partial charge in [-0.25, -0.2) is 0 Å². The molecular formula is C6H9ClO3. The summed E-state index contributed by atoms with van der Waals surface area (Å²) < 4.78 is 0. The molecule has 0 fully saturated rings. The van der Waals surface area contributed by atoms with Crippen LogP contribution in [0.4, 0.5) is 0 Å². The zero-order chi connectivity index (χ0) is 8.15. The minimum atomic E-state index is -1.07. The molecule has 1 unspecified atom stereocenters. The molecule has 0 aromatic heterocycles. The smallest absolute Gasteiger partial charge is 0.321 e. The average molecular weight is 165 g/mol. The Kier molecular flexibility index (Phi) is 4.03. The highest BCUT2D eigenvalue weighted by Gasteiger charge is 2.13. The van der Waals surface area contributed by atoms with Crippen molar-refractivity contribution in [3.8, 4) is 0 Å². The highest BCUT2D eigenvalue weighted by Crippen LogP contribution is 2.05. The highest BCUT2D eigenvalue weighted by molar-refractivity contribution is 6.29. The molecule has 0 aromatic rings. The summed E-state index contributed by atoms with van der Waals surface area (Å²) >= 11 is 5.31. The van der Waals surface area contributed by atoms with Gasteiger partial charge >= 0.3 is 5.97 Å². The standard InChI is InChI=1S/C6H9ClO3/c1-4(8)2-3-5(7)6(9)10/h5H,2-3H2,1H3,(H,9,10). The van der Waals surface area contributed by atoms with Gasteiger partial charge in [-0.1, -0.05) is 0 Å². The summed E-state index contributed by atoms with van der Waals surface area (Å²) in [5.74, 6) is -1.10. The minimum Gasteiger partial charge on any atom is -0.480 e. The van der Waals surface area contributed by atoms with Gasteiger partial charge in [-0.3, -0.25) is 4.79 Å². The van der Waals surface area contributed by atoms with Crippen LogP contribution in [0.5, 0.6) is 0 Å². The minimum absolute atomic E-state index is 0.0353. The fourth-order valence-corrected chi connectivity index (χ4v) is 0.563. The van der Waals surface area contributed by atoms with Crippen LogP contribution in [0.1, 0.15) is 19.8 Å². The van der Waals surface area contributed by atoms with Gasteiger partial charge in [0.15, 0.2) is 0 Å². The lowest BCUT2D eigenvalue weighted by atomic mass is 10.2. The Balaban J connectivity index is 3.49. The van der Waals surface area contributed by atoms with Crippen LogP contribution in [0.3, 0.4) is 0 Å². The van der Waals surface area contributed by atoms with Crippen molar-refractivity contribution in [1.29, 1.82) is 0 Å². The summed E-state index contributed by atoms with van der Waals surface area (Å²) in [5, 5.41) is 7.32. The SMILES string of the molecule is CC(=O)CCC(Cl)C(=O)O. The Morgan fingerprint density at radius 2 is 2.10 bits per heavy atom. The molecule has 58 valence electrons. The number of hydrogen-bond acceptors (Lipinski definition) is 2. The molecule has 0 saturated heterocycles. The molecule has 0 aromatic carbocycles. The van der Waals surface area contributed by atoms with Gasteiger partial charge in [-0.2, -0.15) is 0 Å². The van der Waals surface area contributed by atoms with Crippen molar-refractivity contribution in [2.24, 2.45) is 0 Å². The first-order chi connectivity index (χ1) is 4.54. The van der Waals surface area contributed by atoms with Crippen LogP contribution < -0.4 is 0 Å². The van der Waals surface area contributed by atoms with Crippen molar-refractivity contribution in [2.75, 3.05) is 0 Å². The van der Waals surface area contributed by atoms with Gasteiger partial charge in [0.2, 0.25) is 0 Å². The van der Waals surface area contributed by atoms with E-state index in [1.165, 1.54) is 6.92 Å². The summed E-state index contributed by atoms with van der Waals surface area (Å²) in [6, 6.07) is 0. The molecule has 3 nitrogen and oxygen atoms in total. The fraction of sp³-hybridized carbons (Fsp3) is 0.667. The van der Waals surface area contributed by atoms with Crippen LogP contribution in [-0.2, 0) is 9.59 Å². The van der Waals surface area contributed by atoms with Gasteiger partial charge in [-0.15, -0.1) is 11.6 Å². The Labute approximate surface area is 64.0 Å². The maximum atomic E-state index is 10.3. The molecule has 0 spiro atoms. The van der Waals surface area contributed by atoms with Crippen LogP contribution >= 0.6 is 11.6 Å². The van der Waals surface area contributed by atoms with Gasteiger partial charge in [0.05, 0.1) is 0 Å². The highest BCUT2D eigenvalue weighted by atomic mass is 35.5. The largest absolute Gasteiger partial charge is 0.480 e. The van der Waals surface area contributed by atoms with Crippen molar-refractivity contribution >= 4 is 23.4 Å². The predicted octanol–water partition coefficient (Wildman–Crippen LogP) is 1.05. The summed E-state index contributed by atoms with van der Waals surface area (Å²) in [5.41, 5.74) is 0. The van der Waals surface area contributed by atoms with E-state index in [1.807, 2.05) is 0 Å². The molecule has 10 heavy (non-hydrogen) atoms. The summed E-state index contributed by atoms with van der Waals surface area (Å²) in [4.78, 5) is 20.4. The number of ketones is 1. The van der Waals surface area contributed by atoms with Crippen molar-refractivity contribution in [3.63, 3.8) is 0 Å². The zero-order valence-corrected chi connectivity index (χ0v) is 6.39. The summed E-state index contributed by atoms with van der Waals surface area (Å²) in [6.07, 6.45) is 0.451. The van der Waals surface area contributed by atoms with E-state index in [-0.39, 0.29) is 18.6 Å². The maximum Gasteiger partial charge on any atom is 0.321 e. The number of carbonyl (C=O) groups is 2. The number of carboxylic acids is 1. The van der Waals surface area contributed by atoms with E-state index in [4.69, 9.17) is 16.7 Å². The first-order valence-corrected chi connectivity index (χ1v) is 3.34. The van der Waals surface area contributed by atoms with Crippen LogP contribution in [0.15, 0.2) is 0 Å². The number of halogens is 1. The lowest BCUT2D eigenvalue weighted by molar-refractivity contribution is -0.136. The molecule has 0 rings (SSSR count). The van der Waals surface area contributed by atoms with Gasteiger partial charge in [0, 0.05) is 6.42 Å². The van der Waals surface area contributed by atoms with Gasteiger partial charge in [0.1, 0.15) is 11.2 Å². The first-order valence-electron chi connectivity index (χ1n) is 2.90. The van der Waals surface area contributed by atoms with Crippen LogP contribution in [0.25, 0.3) is 0 Å². The Bertz CT molecular complexity index is 144. The Morgan fingerprint density at radius 3 is 2.40 bits per heavy atom. The molecule has 0 saturated carbocycles. The molecule has 0 heterocycles. The second-order valence-corrected chi connectivity index (χ2v) is 2.57. The molecule has 4 heteroatoms. The number of rotatable bonds is 4. The Hall–Kier alpha value is -0.570. The van der Waals surface area contributed by atoms with E-state index in [1.54, 1.807) is 0 Å². The number of carboxylic acid groups (broad SMARTS) is 1. The maximum absolute atomic E-state index is 10.3. The third kappa shape index (κ3) is 4.32. The predicted molar refractivity (Wildman–Crippen MR) is 37.2 cm³/mol. The van der Waals surface area contributed by atoms with Crippen LogP contribution in [0, 0.1) is 0 Å². The molecule has 1 N–H and O–H groups in total. The van der Waals surface area contributed by atoms with E-state index >= 15 is 0 Å². The zero-order valence-electron chi connectivity index (χ0n) is 5.63. The molecule has 0 amide bonds. The monoisotopic (exact) mass is 164 g/mol. The summed E-state index contributed by atoms with van der Waals surface area (Å²) in [6.45, 7) is 1.41. The molecule has 0 bridgehead atoms. The topological polar surface area (TPSA) is 54.4 Å². The molecule has 1 atom stereocenters. The average Bonchev–Trinajstić information content (AvgIpc) is 1.82. The van der Waals surface area contributed by atoms with E-state index in [9.17, 15) is 9.59 Å². The van der Waals surface area contributed by atoms with Crippen LogP contribution in [0.2, 0.25) is 0 Å². The van der Waals surface area contributed by atoms with E-state index in [0.29, 0.717) is 0 Å². The fourth-order valence-electron chi connectivity index (χ4n) is 0.453. The number of hydrogen-bond donors (Lipinski definition) is 1. The molecule has 0 aliphatic rings. The lowest BCUT2D eigenvalue weighted by Gasteiger charge is -1.99. The van der Waals surface area contributed by atoms with Crippen molar-refractivity contribution in [3.05, 3.63) is 0 Å². The second kappa shape index (κ2) is 4.28. The van der Waals surface area contributed by atoms with E-state index in [2.05, 4.69) is 0 Å². The number of alkyl halides is 1. The number of aliphatic carboxylic acids is 1. The summed E-state index contributed by atoms with van der Waals surface area (Å²) in [7, 11) is 0. The molecule has 0 aliphatic carbocycles. The molecular weight excluding hydrogens is 156 g/mol. The lowest BCUT2D eigenvalue weighted by Crippen LogP contribution is -2.13. The number of carbonyl (C=O) groups excluding carboxylic acids is 1. The normalized spacial score (nSPS) is 12.6. The van der Waals surface area contributed by atoms with E-state index < -0.39 is 11.3 Å². The third-order valence-corrected chi connectivity index (χ3v) is 1.42. The van der Waals surface area contributed by atoms with Crippen molar-refractivity contribution < 1.29 is 14.7 Å². The quantitative estimate of drug-likeness (QED) is 0.632. The third-order valence-electron chi connectivity index (χ3n) is 1.02. The van der Waals surface area contributed by atoms with Gasteiger partial charge < -0.3 is 9.90 Å². The first kappa shape index (κ1) is 9.43. The second-order valence-electron chi connectivity index (χ2n) is 2.05. The Morgan fingerprint density at radius 1 is 1.60 bits per heavy atom. The van der Waals surface area contributed by atoms with E-state index in [0.717, 1.165) is 0 Å².